The standard InChI is InChI=1S/C12H10O6.C8H4O6/c13-9-3-1-4(10(14)17-9)8-6-2-5(7(3)8)11(15)18-12(6)16;9-5-1-2(6(10)13-5)4-3(1)7(11)14-8(4)12/h3-8H,1-2H2;1-4H. The Morgan fingerprint density at radius 3 is 0.844 bits per heavy atom. The highest BCUT2D eigenvalue weighted by Gasteiger charge is 2.73. The lowest BCUT2D eigenvalue weighted by atomic mass is 9.59. The molecule has 0 aromatic carbocycles. The second-order valence-corrected chi connectivity index (χ2v) is 9.12. The highest BCUT2D eigenvalue weighted by Crippen LogP contribution is 2.60. The number of esters is 8. The van der Waals surface area contributed by atoms with Gasteiger partial charge in [-0.25, -0.2) is 0 Å². The van der Waals surface area contributed by atoms with Crippen LogP contribution in [0.1, 0.15) is 12.8 Å². The molecule has 3 aliphatic carbocycles. The molecule has 7 rings (SSSR count). The summed E-state index contributed by atoms with van der Waals surface area (Å²) < 4.78 is 18.1. The fourth-order valence-electron chi connectivity index (χ4n) is 6.72. The lowest BCUT2D eigenvalue weighted by Gasteiger charge is -2.33. The zero-order valence-corrected chi connectivity index (χ0v) is 16.1. The normalized spacial score (nSPS) is 46.8. The molecule has 4 aliphatic heterocycles. The van der Waals surface area contributed by atoms with Crippen molar-refractivity contribution in [3.8, 4) is 0 Å². The molecule has 0 amide bonds. The summed E-state index contributed by atoms with van der Waals surface area (Å²) in [6.07, 6.45) is 0.834. The topological polar surface area (TPSA) is 173 Å². The fourth-order valence-corrected chi connectivity index (χ4v) is 6.72. The highest BCUT2D eigenvalue weighted by molar-refractivity contribution is 6.10. The van der Waals surface area contributed by atoms with Gasteiger partial charge in [0.15, 0.2) is 0 Å². The summed E-state index contributed by atoms with van der Waals surface area (Å²) in [6.45, 7) is 0. The first kappa shape index (κ1) is 19.3. The van der Waals surface area contributed by atoms with Crippen molar-refractivity contribution < 1.29 is 57.3 Å². The molecule has 32 heavy (non-hydrogen) atoms. The van der Waals surface area contributed by atoms with Gasteiger partial charge in [-0.05, 0) is 24.7 Å². The van der Waals surface area contributed by atoms with Crippen molar-refractivity contribution in [1.82, 2.24) is 0 Å². The minimum absolute atomic E-state index is 0.252. The third-order valence-electron chi connectivity index (χ3n) is 7.97. The van der Waals surface area contributed by atoms with Gasteiger partial charge in [-0.3, -0.25) is 38.4 Å². The van der Waals surface area contributed by atoms with Crippen molar-refractivity contribution >= 4 is 47.8 Å². The zero-order valence-electron chi connectivity index (χ0n) is 16.1. The Morgan fingerprint density at radius 2 is 0.594 bits per heavy atom. The van der Waals surface area contributed by atoms with Gasteiger partial charge in [-0.15, -0.1) is 0 Å². The maximum absolute atomic E-state index is 11.7. The predicted octanol–water partition coefficient (Wildman–Crippen LogP) is -1.71. The maximum Gasteiger partial charge on any atom is 0.318 e. The van der Waals surface area contributed by atoms with Gasteiger partial charge in [0, 0.05) is 0 Å². The Balaban J connectivity index is 0.000000126. The number of cyclic esters (lactones) is 8. The number of carbonyl (C=O) groups is 8. The van der Waals surface area contributed by atoms with Crippen LogP contribution in [-0.4, -0.2) is 47.8 Å². The summed E-state index contributed by atoms with van der Waals surface area (Å²) in [5, 5.41) is 0. The van der Waals surface area contributed by atoms with Crippen LogP contribution in [0.15, 0.2) is 0 Å². The average Bonchev–Trinajstić information content (AvgIpc) is 3.32. The summed E-state index contributed by atoms with van der Waals surface area (Å²) >= 11 is 0. The van der Waals surface area contributed by atoms with E-state index in [0.717, 1.165) is 0 Å². The Morgan fingerprint density at radius 1 is 0.375 bits per heavy atom. The summed E-state index contributed by atoms with van der Waals surface area (Å²) in [4.78, 5) is 91.1. The van der Waals surface area contributed by atoms with E-state index in [1.165, 1.54) is 0 Å². The fraction of sp³-hybridized carbons (Fsp3) is 0.600. The first-order valence-corrected chi connectivity index (χ1v) is 10.2. The number of fused-ring (bicyclic) bond motifs is 13. The third-order valence-corrected chi connectivity index (χ3v) is 7.97. The molecule has 0 N–H and O–H groups in total. The van der Waals surface area contributed by atoms with Crippen LogP contribution in [0.5, 0.6) is 0 Å². The van der Waals surface area contributed by atoms with Gasteiger partial charge in [-0.1, -0.05) is 0 Å². The molecule has 166 valence electrons. The van der Waals surface area contributed by atoms with E-state index in [0.29, 0.717) is 12.8 Å². The molecule has 0 radical (unpaired) electrons. The highest BCUT2D eigenvalue weighted by atomic mass is 16.6. The quantitative estimate of drug-likeness (QED) is 0.179. The van der Waals surface area contributed by atoms with E-state index in [1.807, 2.05) is 0 Å². The summed E-state index contributed by atoms with van der Waals surface area (Å²) in [7, 11) is 0. The van der Waals surface area contributed by atoms with Crippen molar-refractivity contribution in [1.29, 1.82) is 0 Å². The van der Waals surface area contributed by atoms with Crippen molar-refractivity contribution in [2.45, 2.75) is 12.8 Å². The SMILES string of the molecule is O=C1OC(=O)C2C1C1C(=O)OC(=O)C21.O=C1OC(=O)C2CC1C1C3CC(C(=O)OC3=O)C21. The zero-order chi connectivity index (χ0) is 22.6. The van der Waals surface area contributed by atoms with Crippen molar-refractivity contribution in [2.24, 2.45) is 59.2 Å². The Bertz CT molecular complexity index is 904. The molecule has 4 bridgehead atoms. The van der Waals surface area contributed by atoms with Gasteiger partial charge in [0.1, 0.15) is 0 Å². The molecule has 12 heteroatoms. The van der Waals surface area contributed by atoms with E-state index in [-0.39, 0.29) is 11.8 Å². The predicted molar refractivity (Wildman–Crippen MR) is 88.5 cm³/mol. The lowest BCUT2D eigenvalue weighted by molar-refractivity contribution is -0.174. The molecule has 0 spiro atoms. The largest absolute Gasteiger partial charge is 0.393 e. The number of carbonyl (C=O) groups excluding carboxylic acids is 8. The van der Waals surface area contributed by atoms with Crippen LogP contribution in [0.4, 0.5) is 0 Å². The van der Waals surface area contributed by atoms with Gasteiger partial charge in [0.2, 0.25) is 0 Å². The summed E-state index contributed by atoms with van der Waals surface area (Å²) in [5.74, 6) is -10.4. The van der Waals surface area contributed by atoms with Crippen LogP contribution in [0.25, 0.3) is 0 Å². The number of hydrogen-bond acceptors (Lipinski definition) is 12. The minimum atomic E-state index is -0.786. The van der Waals surface area contributed by atoms with E-state index >= 15 is 0 Å². The number of rotatable bonds is 0. The molecule has 4 atom stereocenters. The van der Waals surface area contributed by atoms with E-state index < -0.39 is 95.1 Å². The average molecular weight is 446 g/mol. The van der Waals surface area contributed by atoms with E-state index in [4.69, 9.17) is 9.47 Å². The van der Waals surface area contributed by atoms with E-state index in [9.17, 15) is 38.4 Å². The maximum atomic E-state index is 11.7. The Hall–Kier alpha value is -3.44. The second-order valence-electron chi connectivity index (χ2n) is 9.12. The van der Waals surface area contributed by atoms with Gasteiger partial charge in [0.25, 0.3) is 0 Å². The van der Waals surface area contributed by atoms with Crippen LogP contribution in [0.3, 0.4) is 0 Å². The van der Waals surface area contributed by atoms with Gasteiger partial charge in [-0.2, -0.15) is 0 Å². The van der Waals surface area contributed by atoms with Crippen LogP contribution >= 0.6 is 0 Å². The van der Waals surface area contributed by atoms with E-state index in [1.54, 1.807) is 0 Å². The molecule has 12 nitrogen and oxygen atoms in total. The van der Waals surface area contributed by atoms with Crippen molar-refractivity contribution in [3.05, 3.63) is 0 Å². The summed E-state index contributed by atoms with van der Waals surface area (Å²) in [5.41, 5.74) is 0. The monoisotopic (exact) mass is 446 g/mol. The van der Waals surface area contributed by atoms with Crippen molar-refractivity contribution in [3.63, 3.8) is 0 Å². The number of ether oxygens (including phenoxy) is 4. The molecule has 0 aromatic rings. The van der Waals surface area contributed by atoms with E-state index in [2.05, 4.69) is 9.47 Å². The first-order chi connectivity index (χ1) is 15.2. The Kier molecular flexibility index (Phi) is 3.66. The second kappa shape index (κ2) is 6.08. The molecule has 7 fully saturated rings. The van der Waals surface area contributed by atoms with Gasteiger partial charge < -0.3 is 18.9 Å². The molecule has 4 unspecified atom stereocenters. The van der Waals surface area contributed by atoms with Gasteiger partial charge in [0.05, 0.1) is 47.3 Å². The third kappa shape index (κ3) is 2.21. The van der Waals surface area contributed by atoms with Crippen LogP contribution < -0.4 is 0 Å². The van der Waals surface area contributed by atoms with Gasteiger partial charge >= 0.3 is 47.8 Å². The van der Waals surface area contributed by atoms with Crippen LogP contribution in [0, 0.1) is 59.2 Å². The molecule has 3 saturated carbocycles. The molecule has 7 aliphatic rings. The molecular weight excluding hydrogens is 432 g/mol. The van der Waals surface area contributed by atoms with Crippen LogP contribution in [-0.2, 0) is 57.3 Å². The smallest absolute Gasteiger partial charge is 0.318 e. The lowest BCUT2D eigenvalue weighted by Crippen LogP contribution is -2.50. The Labute approximate surface area is 177 Å². The minimum Gasteiger partial charge on any atom is -0.393 e. The number of hydrogen-bond donors (Lipinski definition) is 0. The first-order valence-electron chi connectivity index (χ1n) is 10.2. The summed E-state index contributed by atoms with van der Waals surface area (Å²) in [6, 6.07) is 0. The molecule has 4 heterocycles. The molecule has 0 aromatic heterocycles. The van der Waals surface area contributed by atoms with Crippen LogP contribution in [0.2, 0.25) is 0 Å². The molecular formula is C20H14O12. The molecule has 4 saturated heterocycles. The van der Waals surface area contributed by atoms with Crippen molar-refractivity contribution in [2.75, 3.05) is 0 Å².